The highest BCUT2D eigenvalue weighted by Gasteiger charge is 2.44. The molecule has 1 saturated carbocycles. The van der Waals surface area contributed by atoms with Crippen LogP contribution >= 0.6 is 0 Å². The van der Waals surface area contributed by atoms with Crippen molar-refractivity contribution < 1.29 is 4.74 Å². The zero-order valence-electron chi connectivity index (χ0n) is 13.6. The summed E-state index contributed by atoms with van der Waals surface area (Å²) in [5.74, 6) is 2.38. The van der Waals surface area contributed by atoms with Gasteiger partial charge in [0, 0.05) is 6.04 Å². The molecule has 1 aliphatic rings. The molecule has 1 aliphatic carbocycles. The summed E-state index contributed by atoms with van der Waals surface area (Å²) < 4.78 is 5.72. The SMILES string of the molecule is CC(C)COc1ccc(C(C)NCC2CC2(C)C)cc1. The molecule has 1 fully saturated rings. The summed E-state index contributed by atoms with van der Waals surface area (Å²) >= 11 is 0. The molecule has 2 rings (SSSR count). The van der Waals surface area contributed by atoms with Crippen LogP contribution in [-0.2, 0) is 0 Å². The van der Waals surface area contributed by atoms with E-state index < -0.39 is 0 Å². The van der Waals surface area contributed by atoms with E-state index >= 15 is 0 Å². The molecule has 0 amide bonds. The van der Waals surface area contributed by atoms with E-state index in [0.29, 0.717) is 17.4 Å². The van der Waals surface area contributed by atoms with Gasteiger partial charge in [-0.1, -0.05) is 39.8 Å². The molecule has 1 N–H and O–H groups in total. The van der Waals surface area contributed by atoms with Gasteiger partial charge in [0.25, 0.3) is 0 Å². The topological polar surface area (TPSA) is 21.3 Å². The first-order chi connectivity index (χ1) is 9.38. The van der Waals surface area contributed by atoms with Crippen LogP contribution < -0.4 is 10.1 Å². The Bertz CT molecular complexity index is 422. The van der Waals surface area contributed by atoms with Crippen LogP contribution in [0.5, 0.6) is 5.75 Å². The van der Waals surface area contributed by atoms with E-state index in [0.717, 1.165) is 24.8 Å². The van der Waals surface area contributed by atoms with Crippen LogP contribution in [0.1, 0.15) is 52.6 Å². The fourth-order valence-corrected chi connectivity index (χ4v) is 2.48. The molecule has 2 atom stereocenters. The normalized spacial score (nSPS) is 21.8. The van der Waals surface area contributed by atoms with Crippen molar-refractivity contribution in [3.05, 3.63) is 29.8 Å². The Hall–Kier alpha value is -1.02. The van der Waals surface area contributed by atoms with E-state index in [2.05, 4.69) is 64.2 Å². The van der Waals surface area contributed by atoms with Crippen LogP contribution in [0.25, 0.3) is 0 Å². The minimum atomic E-state index is 0.408. The molecule has 0 heterocycles. The van der Waals surface area contributed by atoms with Gasteiger partial charge in [-0.3, -0.25) is 0 Å². The second-order valence-corrected chi connectivity index (χ2v) is 7.29. The fraction of sp³-hybridized carbons (Fsp3) is 0.667. The number of ether oxygens (including phenoxy) is 1. The standard InChI is InChI=1S/C18H29NO/c1-13(2)12-20-17-8-6-15(7-9-17)14(3)19-11-16-10-18(16,4)5/h6-9,13-14,16,19H,10-12H2,1-5H3. The van der Waals surface area contributed by atoms with Gasteiger partial charge in [-0.15, -0.1) is 0 Å². The summed E-state index contributed by atoms with van der Waals surface area (Å²) in [6.07, 6.45) is 1.36. The van der Waals surface area contributed by atoms with Gasteiger partial charge >= 0.3 is 0 Å². The highest BCUT2D eigenvalue weighted by molar-refractivity contribution is 5.29. The highest BCUT2D eigenvalue weighted by Crippen LogP contribution is 2.51. The summed E-state index contributed by atoms with van der Waals surface area (Å²) in [4.78, 5) is 0. The fourth-order valence-electron chi connectivity index (χ4n) is 2.48. The van der Waals surface area contributed by atoms with Crippen LogP contribution in [0.4, 0.5) is 0 Å². The van der Waals surface area contributed by atoms with Gasteiger partial charge in [0.1, 0.15) is 5.75 Å². The van der Waals surface area contributed by atoms with Crippen molar-refractivity contribution >= 4 is 0 Å². The van der Waals surface area contributed by atoms with Crippen molar-refractivity contribution in [1.29, 1.82) is 0 Å². The van der Waals surface area contributed by atoms with Crippen LogP contribution in [0.3, 0.4) is 0 Å². The van der Waals surface area contributed by atoms with Crippen LogP contribution in [0.15, 0.2) is 24.3 Å². The van der Waals surface area contributed by atoms with Crippen molar-refractivity contribution in [2.45, 2.75) is 47.1 Å². The first-order valence-corrected chi connectivity index (χ1v) is 7.84. The van der Waals surface area contributed by atoms with Gasteiger partial charge in [-0.2, -0.15) is 0 Å². The van der Waals surface area contributed by atoms with Gasteiger partial charge in [0.15, 0.2) is 0 Å². The summed E-state index contributed by atoms with van der Waals surface area (Å²) in [7, 11) is 0. The first kappa shape index (κ1) is 15.4. The minimum absolute atomic E-state index is 0.408. The molecule has 0 aromatic heterocycles. The lowest BCUT2D eigenvalue weighted by Crippen LogP contribution is -2.22. The molecule has 1 aromatic carbocycles. The maximum atomic E-state index is 5.72. The Kier molecular flexibility index (Phi) is 4.74. The summed E-state index contributed by atoms with van der Waals surface area (Å²) in [5.41, 5.74) is 1.89. The third-order valence-corrected chi connectivity index (χ3v) is 4.35. The quantitative estimate of drug-likeness (QED) is 0.795. The van der Waals surface area contributed by atoms with Crippen LogP contribution in [0, 0.1) is 17.3 Å². The van der Waals surface area contributed by atoms with E-state index in [-0.39, 0.29) is 0 Å². The Morgan fingerprint density at radius 1 is 1.20 bits per heavy atom. The molecule has 0 saturated heterocycles. The van der Waals surface area contributed by atoms with Crippen molar-refractivity contribution in [1.82, 2.24) is 5.32 Å². The predicted octanol–water partition coefficient (Wildman–Crippen LogP) is 4.42. The Balaban J connectivity index is 1.79. The number of hydrogen-bond acceptors (Lipinski definition) is 2. The van der Waals surface area contributed by atoms with Gasteiger partial charge < -0.3 is 10.1 Å². The average Bonchev–Trinajstić information content (AvgIpc) is 3.02. The van der Waals surface area contributed by atoms with Crippen molar-refractivity contribution in [3.63, 3.8) is 0 Å². The molecule has 0 aliphatic heterocycles. The van der Waals surface area contributed by atoms with E-state index in [1.807, 2.05) is 0 Å². The van der Waals surface area contributed by atoms with Crippen molar-refractivity contribution in [2.75, 3.05) is 13.2 Å². The Morgan fingerprint density at radius 2 is 1.80 bits per heavy atom. The number of hydrogen-bond donors (Lipinski definition) is 1. The van der Waals surface area contributed by atoms with Gasteiger partial charge in [-0.05, 0) is 54.8 Å². The molecule has 2 nitrogen and oxygen atoms in total. The van der Waals surface area contributed by atoms with Gasteiger partial charge in [-0.25, -0.2) is 0 Å². The van der Waals surface area contributed by atoms with Gasteiger partial charge in [0.2, 0.25) is 0 Å². The lowest BCUT2D eigenvalue weighted by Gasteiger charge is -2.16. The zero-order valence-corrected chi connectivity index (χ0v) is 13.6. The molecule has 2 heteroatoms. The zero-order chi connectivity index (χ0) is 14.8. The number of benzene rings is 1. The lowest BCUT2D eigenvalue weighted by atomic mass is 10.1. The lowest BCUT2D eigenvalue weighted by molar-refractivity contribution is 0.271. The summed E-state index contributed by atoms with van der Waals surface area (Å²) in [6.45, 7) is 13.2. The number of rotatable bonds is 7. The van der Waals surface area contributed by atoms with E-state index in [1.165, 1.54) is 12.0 Å². The predicted molar refractivity (Wildman–Crippen MR) is 85.1 cm³/mol. The molecule has 112 valence electrons. The minimum Gasteiger partial charge on any atom is -0.493 e. The van der Waals surface area contributed by atoms with Crippen LogP contribution in [-0.4, -0.2) is 13.2 Å². The second kappa shape index (κ2) is 6.17. The largest absolute Gasteiger partial charge is 0.493 e. The van der Waals surface area contributed by atoms with Gasteiger partial charge in [0.05, 0.1) is 6.61 Å². The average molecular weight is 275 g/mol. The third kappa shape index (κ3) is 4.24. The van der Waals surface area contributed by atoms with E-state index in [4.69, 9.17) is 4.74 Å². The highest BCUT2D eigenvalue weighted by atomic mass is 16.5. The van der Waals surface area contributed by atoms with E-state index in [9.17, 15) is 0 Å². The van der Waals surface area contributed by atoms with Crippen LogP contribution in [0.2, 0.25) is 0 Å². The maximum absolute atomic E-state index is 5.72. The number of nitrogens with one attached hydrogen (secondary N) is 1. The molecule has 20 heavy (non-hydrogen) atoms. The third-order valence-electron chi connectivity index (χ3n) is 4.35. The van der Waals surface area contributed by atoms with E-state index in [1.54, 1.807) is 0 Å². The molecule has 0 spiro atoms. The Morgan fingerprint density at radius 3 is 2.30 bits per heavy atom. The molecule has 1 aromatic rings. The maximum Gasteiger partial charge on any atom is 0.119 e. The molecule has 0 radical (unpaired) electrons. The summed E-state index contributed by atoms with van der Waals surface area (Å²) in [5, 5.41) is 3.65. The molecule has 0 bridgehead atoms. The molecular formula is C18H29NO. The van der Waals surface area contributed by atoms with Crippen molar-refractivity contribution in [3.8, 4) is 5.75 Å². The second-order valence-electron chi connectivity index (χ2n) is 7.29. The molecular weight excluding hydrogens is 246 g/mol. The smallest absolute Gasteiger partial charge is 0.119 e. The van der Waals surface area contributed by atoms with Crippen molar-refractivity contribution in [2.24, 2.45) is 17.3 Å². The summed E-state index contributed by atoms with van der Waals surface area (Å²) in [6, 6.07) is 8.91. The Labute approximate surface area is 123 Å². The monoisotopic (exact) mass is 275 g/mol. The first-order valence-electron chi connectivity index (χ1n) is 7.84. The molecule has 2 unspecified atom stereocenters.